The first-order valence-corrected chi connectivity index (χ1v) is 3.82. The van der Waals surface area contributed by atoms with Gasteiger partial charge in [-0.15, -0.1) is 0 Å². The van der Waals surface area contributed by atoms with E-state index >= 15 is 0 Å². The van der Waals surface area contributed by atoms with Crippen LogP contribution in [0.2, 0.25) is 0 Å². The van der Waals surface area contributed by atoms with Gasteiger partial charge in [0.25, 0.3) is 0 Å². The molecule has 2 rings (SSSR count). The van der Waals surface area contributed by atoms with Gasteiger partial charge < -0.3 is 34.0 Å². The minimum atomic E-state index is 0. The summed E-state index contributed by atoms with van der Waals surface area (Å²) in [7, 11) is 0. The standard InChI is InChI=1S/2C6H5.2BrH.Cu.Mg/c2*1-2-4-6-5-3-1;;;;/h2*1-5H;2*1H;;/q2*-1;;;2*+2/p-2. The van der Waals surface area contributed by atoms with Gasteiger partial charge in [0.1, 0.15) is 0 Å². The molecule has 0 bridgehead atoms. The van der Waals surface area contributed by atoms with Gasteiger partial charge in [0.05, 0.1) is 0 Å². The molecule has 1 radical (unpaired) electrons. The van der Waals surface area contributed by atoms with E-state index in [1.165, 1.54) is 0 Å². The minimum Gasteiger partial charge on any atom is -1.00 e. The molecule has 0 saturated carbocycles. The van der Waals surface area contributed by atoms with Gasteiger partial charge in [-0.3, -0.25) is 0 Å². The average molecular weight is 402 g/mol. The zero-order valence-corrected chi connectivity index (χ0v) is 14.1. The van der Waals surface area contributed by atoms with E-state index in [0.29, 0.717) is 0 Å². The van der Waals surface area contributed by atoms with E-state index in [1.54, 1.807) is 0 Å². The first-order chi connectivity index (χ1) is 6.00. The molecule has 0 unspecified atom stereocenters. The predicted octanol–water partition coefficient (Wildman–Crippen LogP) is -3.40. The Bertz CT molecular complexity index is 194. The average Bonchev–Trinajstić information content (AvgIpc) is 2.24. The number of halogens is 2. The normalized spacial score (nSPS) is 6.00. The van der Waals surface area contributed by atoms with Gasteiger partial charge in [0.2, 0.25) is 0 Å². The molecule has 2 aromatic rings. The molecule has 0 N–H and O–H groups in total. The van der Waals surface area contributed by atoms with Gasteiger partial charge in [-0.2, -0.15) is 72.8 Å². The summed E-state index contributed by atoms with van der Waals surface area (Å²) in [5.41, 5.74) is 0. The van der Waals surface area contributed by atoms with Crippen molar-refractivity contribution in [3.63, 3.8) is 0 Å². The second kappa shape index (κ2) is 21.0. The second-order valence-electron chi connectivity index (χ2n) is 2.15. The molecule has 16 heavy (non-hydrogen) atoms. The Morgan fingerprint density at radius 1 is 0.500 bits per heavy atom. The smallest absolute Gasteiger partial charge is 1.00 e. The first kappa shape index (κ1) is 25.5. The maximum Gasteiger partial charge on any atom is 2.00 e. The summed E-state index contributed by atoms with van der Waals surface area (Å²) in [6.45, 7) is 0. The maximum atomic E-state index is 2.89. The molecule has 0 nitrogen and oxygen atoms in total. The fourth-order valence-electron chi connectivity index (χ4n) is 0.684. The van der Waals surface area contributed by atoms with Crippen LogP contribution in [0.25, 0.3) is 0 Å². The van der Waals surface area contributed by atoms with Crippen molar-refractivity contribution in [1.29, 1.82) is 0 Å². The third kappa shape index (κ3) is 17.1. The fraction of sp³-hybridized carbons (Fsp3) is 0. The summed E-state index contributed by atoms with van der Waals surface area (Å²) in [4.78, 5) is 0. The van der Waals surface area contributed by atoms with Gasteiger partial charge in [-0.25, -0.2) is 0 Å². The van der Waals surface area contributed by atoms with Crippen LogP contribution in [0.15, 0.2) is 60.7 Å². The van der Waals surface area contributed by atoms with Gasteiger partial charge in [-0.05, 0) is 0 Å². The van der Waals surface area contributed by atoms with Crippen molar-refractivity contribution in [1.82, 2.24) is 0 Å². The van der Waals surface area contributed by atoms with Crippen LogP contribution in [-0.4, -0.2) is 23.1 Å². The monoisotopic (exact) mass is 399 g/mol. The van der Waals surface area contributed by atoms with Crippen molar-refractivity contribution >= 4 is 23.1 Å². The van der Waals surface area contributed by atoms with E-state index in [2.05, 4.69) is 12.1 Å². The van der Waals surface area contributed by atoms with Crippen molar-refractivity contribution in [2.75, 3.05) is 0 Å². The third-order valence-electron chi connectivity index (χ3n) is 1.21. The molecule has 0 aliphatic carbocycles. The number of hydrogen-bond acceptors (Lipinski definition) is 0. The van der Waals surface area contributed by atoms with Crippen LogP contribution in [0.1, 0.15) is 0 Å². The Hall–Kier alpha value is 0.686. The molecule has 85 valence electrons. The largest absolute Gasteiger partial charge is 2.00 e. The SMILES string of the molecule is [Br-].[Br-].[Cu+2].[Mg+2].[c-]1ccccc1.[c-]1ccccc1. The summed E-state index contributed by atoms with van der Waals surface area (Å²) in [5.74, 6) is 0. The summed E-state index contributed by atoms with van der Waals surface area (Å²) >= 11 is 0. The van der Waals surface area contributed by atoms with E-state index < -0.39 is 0 Å². The molecule has 0 amide bonds. The van der Waals surface area contributed by atoms with E-state index in [1.807, 2.05) is 60.7 Å². The molecule has 0 atom stereocenters. The number of rotatable bonds is 0. The molecule has 0 spiro atoms. The zero-order chi connectivity index (χ0) is 8.49. The summed E-state index contributed by atoms with van der Waals surface area (Å²) in [6.07, 6.45) is 0. The Balaban J connectivity index is -0.0000000720. The zero-order valence-electron chi connectivity index (χ0n) is 8.54. The number of benzene rings is 2. The summed E-state index contributed by atoms with van der Waals surface area (Å²) in [5, 5.41) is 0. The molecule has 0 aromatic heterocycles. The van der Waals surface area contributed by atoms with Crippen LogP contribution < -0.4 is 34.0 Å². The van der Waals surface area contributed by atoms with Crippen molar-refractivity contribution < 1.29 is 51.0 Å². The first-order valence-electron chi connectivity index (χ1n) is 3.82. The Labute approximate surface area is 145 Å². The van der Waals surface area contributed by atoms with Crippen LogP contribution in [0.3, 0.4) is 0 Å². The van der Waals surface area contributed by atoms with Crippen LogP contribution >= 0.6 is 0 Å². The van der Waals surface area contributed by atoms with E-state index in [9.17, 15) is 0 Å². The van der Waals surface area contributed by atoms with Crippen molar-refractivity contribution in [2.45, 2.75) is 0 Å². The van der Waals surface area contributed by atoms with Crippen LogP contribution in [-0.2, 0) is 17.1 Å². The molecule has 0 aliphatic rings. The molecule has 0 fully saturated rings. The topological polar surface area (TPSA) is 0 Å². The van der Waals surface area contributed by atoms with Gasteiger partial charge in [-0.1, -0.05) is 0 Å². The summed E-state index contributed by atoms with van der Waals surface area (Å²) < 4.78 is 0. The fourth-order valence-corrected chi connectivity index (χ4v) is 0.684. The Morgan fingerprint density at radius 2 is 0.750 bits per heavy atom. The molecule has 4 heteroatoms. The van der Waals surface area contributed by atoms with Crippen LogP contribution in [0.5, 0.6) is 0 Å². The minimum absolute atomic E-state index is 0. The molecule has 2 aromatic carbocycles. The van der Waals surface area contributed by atoms with Gasteiger partial charge in [0, 0.05) is 0 Å². The predicted molar refractivity (Wildman–Crippen MR) is 56.3 cm³/mol. The Kier molecular flexibility index (Phi) is 33.5. The van der Waals surface area contributed by atoms with Gasteiger partial charge >= 0.3 is 40.1 Å². The molecule has 0 aliphatic heterocycles. The maximum absolute atomic E-state index is 2.89. The molecule has 0 heterocycles. The third-order valence-corrected chi connectivity index (χ3v) is 1.21. The van der Waals surface area contributed by atoms with Gasteiger partial charge in [0.15, 0.2) is 0 Å². The van der Waals surface area contributed by atoms with Crippen molar-refractivity contribution in [3.8, 4) is 0 Å². The molecule has 0 saturated heterocycles. The molecular weight excluding hydrogens is 392 g/mol. The van der Waals surface area contributed by atoms with Crippen molar-refractivity contribution in [3.05, 3.63) is 72.8 Å². The van der Waals surface area contributed by atoms with E-state index in [4.69, 9.17) is 0 Å². The van der Waals surface area contributed by atoms with E-state index in [0.717, 1.165) is 0 Å². The number of hydrogen-bond donors (Lipinski definition) is 0. The van der Waals surface area contributed by atoms with Crippen LogP contribution in [0, 0.1) is 12.1 Å². The quantitative estimate of drug-likeness (QED) is 0.319. The van der Waals surface area contributed by atoms with Crippen LogP contribution in [0.4, 0.5) is 0 Å². The second-order valence-corrected chi connectivity index (χ2v) is 2.15. The molecular formula is C12H10Br2CuMg. The Morgan fingerprint density at radius 3 is 0.812 bits per heavy atom. The summed E-state index contributed by atoms with van der Waals surface area (Å²) in [6, 6.07) is 25.0. The van der Waals surface area contributed by atoms with Crippen molar-refractivity contribution in [2.24, 2.45) is 0 Å². The van der Waals surface area contributed by atoms with E-state index in [-0.39, 0.29) is 74.1 Å².